The van der Waals surface area contributed by atoms with E-state index in [9.17, 15) is 18.0 Å². The van der Waals surface area contributed by atoms with Crippen LogP contribution < -0.4 is 5.32 Å². The lowest BCUT2D eigenvalue weighted by molar-refractivity contribution is -0.146. The summed E-state index contributed by atoms with van der Waals surface area (Å²) in [5, 5.41) is 2.55. The van der Waals surface area contributed by atoms with E-state index in [1.807, 2.05) is 24.3 Å². The van der Waals surface area contributed by atoms with E-state index in [0.29, 0.717) is 5.75 Å². The Morgan fingerprint density at radius 1 is 1.37 bits per heavy atom. The Labute approximate surface area is 171 Å². The van der Waals surface area contributed by atoms with Gasteiger partial charge in [0.05, 0.1) is 18.2 Å². The normalized spacial score (nSPS) is 17.9. The number of sulfonamides is 1. The van der Waals surface area contributed by atoms with Gasteiger partial charge in [-0.2, -0.15) is 4.31 Å². The lowest BCUT2D eigenvalue weighted by Gasteiger charge is -2.21. The van der Waals surface area contributed by atoms with Crippen molar-refractivity contribution in [2.45, 2.75) is 13.0 Å². The lowest BCUT2D eigenvalue weighted by atomic mass is 10.2. The van der Waals surface area contributed by atoms with Crippen LogP contribution in [0.25, 0.3) is 6.08 Å². The molecule has 0 aliphatic carbocycles. The number of carbonyl (C=O) groups is 2. The Bertz CT molecular complexity index is 796. The second-order valence-corrected chi connectivity index (χ2v) is 9.60. The van der Waals surface area contributed by atoms with Gasteiger partial charge in [-0.05, 0) is 30.7 Å². The van der Waals surface area contributed by atoms with Crippen molar-refractivity contribution in [3.8, 4) is 0 Å². The Balaban J connectivity index is 1.85. The molecule has 0 saturated carbocycles. The number of halogens is 1. The van der Waals surface area contributed by atoms with Crippen molar-refractivity contribution in [2.75, 3.05) is 30.5 Å². The third kappa shape index (κ3) is 6.63. The van der Waals surface area contributed by atoms with Crippen LogP contribution in [0.2, 0.25) is 0 Å². The van der Waals surface area contributed by atoms with Crippen molar-refractivity contribution < 1.29 is 22.7 Å². The monoisotopic (exact) mass is 476 g/mol. The lowest BCUT2D eigenvalue weighted by Crippen LogP contribution is -2.45. The third-order valence-electron chi connectivity index (χ3n) is 3.71. The van der Waals surface area contributed by atoms with E-state index in [1.54, 1.807) is 13.0 Å². The van der Waals surface area contributed by atoms with Gasteiger partial charge in [0.15, 0.2) is 0 Å². The summed E-state index contributed by atoms with van der Waals surface area (Å²) in [6, 6.07) is 6.61. The highest BCUT2D eigenvalue weighted by Gasteiger charge is 2.39. The number of amides is 1. The molecule has 0 bridgehead atoms. The molecule has 1 amide bonds. The molecule has 1 aliphatic heterocycles. The summed E-state index contributed by atoms with van der Waals surface area (Å²) >= 11 is 4.70. The van der Waals surface area contributed by atoms with Gasteiger partial charge < -0.3 is 10.1 Å². The van der Waals surface area contributed by atoms with Crippen molar-refractivity contribution >= 4 is 55.7 Å². The van der Waals surface area contributed by atoms with E-state index in [1.165, 1.54) is 17.8 Å². The molecule has 1 unspecified atom stereocenters. The molecule has 1 saturated heterocycles. The van der Waals surface area contributed by atoms with Crippen LogP contribution in [0.15, 0.2) is 34.8 Å². The van der Waals surface area contributed by atoms with E-state index >= 15 is 0 Å². The van der Waals surface area contributed by atoms with Crippen molar-refractivity contribution in [3.63, 3.8) is 0 Å². The quantitative estimate of drug-likeness (QED) is 0.454. The Kier molecular flexibility index (Phi) is 8.33. The number of rotatable bonds is 8. The molecule has 1 aromatic rings. The van der Waals surface area contributed by atoms with Crippen LogP contribution in [0, 0.1) is 0 Å². The second kappa shape index (κ2) is 10.3. The fourth-order valence-corrected chi connectivity index (χ4v) is 5.72. The highest BCUT2D eigenvalue weighted by Crippen LogP contribution is 2.25. The first kappa shape index (κ1) is 21.9. The van der Waals surface area contributed by atoms with Crippen LogP contribution in [-0.2, 0) is 24.3 Å². The summed E-state index contributed by atoms with van der Waals surface area (Å²) in [7, 11) is -3.67. The number of esters is 1. The third-order valence-corrected chi connectivity index (χ3v) is 7.24. The number of hydrogen-bond acceptors (Lipinski definition) is 6. The largest absolute Gasteiger partial charge is 0.465 e. The highest BCUT2D eigenvalue weighted by atomic mass is 79.9. The Morgan fingerprint density at radius 3 is 2.74 bits per heavy atom. The van der Waals surface area contributed by atoms with Crippen molar-refractivity contribution in [2.24, 2.45) is 0 Å². The molecule has 10 heteroatoms. The van der Waals surface area contributed by atoms with E-state index in [0.717, 1.165) is 14.3 Å². The summed E-state index contributed by atoms with van der Waals surface area (Å²) in [5.74, 6) is -0.608. The zero-order valence-corrected chi connectivity index (χ0v) is 18.0. The number of benzene rings is 1. The number of nitrogens with one attached hydrogen (secondary N) is 1. The maximum absolute atomic E-state index is 12.5. The fourth-order valence-electron chi connectivity index (χ4n) is 2.35. The van der Waals surface area contributed by atoms with E-state index in [-0.39, 0.29) is 30.7 Å². The van der Waals surface area contributed by atoms with Crippen molar-refractivity contribution in [3.05, 3.63) is 40.4 Å². The fraction of sp³-hybridized carbons (Fsp3) is 0.412. The molecule has 0 radical (unpaired) electrons. The van der Waals surface area contributed by atoms with Crippen LogP contribution in [0.4, 0.5) is 0 Å². The van der Waals surface area contributed by atoms with E-state index < -0.39 is 22.0 Å². The molecule has 1 aliphatic rings. The number of thioether (sulfide) groups is 1. The molecule has 148 valence electrons. The topological polar surface area (TPSA) is 92.8 Å². The Morgan fingerprint density at radius 2 is 2.07 bits per heavy atom. The molecule has 7 nitrogen and oxygen atoms in total. The maximum Gasteiger partial charge on any atom is 0.325 e. The predicted molar refractivity (Wildman–Crippen MR) is 110 cm³/mol. The minimum Gasteiger partial charge on any atom is -0.465 e. The van der Waals surface area contributed by atoms with Crippen molar-refractivity contribution in [1.82, 2.24) is 9.62 Å². The summed E-state index contributed by atoms with van der Waals surface area (Å²) in [5.41, 5.74) is 0.854. The summed E-state index contributed by atoms with van der Waals surface area (Å²) in [6.07, 6.45) is 2.99. The summed E-state index contributed by atoms with van der Waals surface area (Å²) in [4.78, 5) is 23.8. The number of nitrogens with zero attached hydrogens (tertiary/aromatic N) is 1. The first-order valence-electron chi connectivity index (χ1n) is 8.29. The molecule has 0 aromatic heterocycles. The van der Waals surface area contributed by atoms with Gasteiger partial charge in [-0.25, -0.2) is 8.42 Å². The van der Waals surface area contributed by atoms with Crippen LogP contribution in [0.5, 0.6) is 0 Å². The smallest absolute Gasteiger partial charge is 0.325 e. The second-order valence-electron chi connectivity index (χ2n) is 5.65. The van der Waals surface area contributed by atoms with E-state index in [2.05, 4.69) is 21.2 Å². The van der Waals surface area contributed by atoms with Crippen LogP contribution >= 0.6 is 27.7 Å². The summed E-state index contributed by atoms with van der Waals surface area (Å²) in [6.45, 7) is 1.84. The molecule has 27 heavy (non-hydrogen) atoms. The number of hydrogen-bond donors (Lipinski definition) is 1. The number of ether oxygens (including phenoxy) is 1. The average molecular weight is 477 g/mol. The van der Waals surface area contributed by atoms with Gasteiger partial charge in [0.1, 0.15) is 6.04 Å². The zero-order valence-electron chi connectivity index (χ0n) is 14.8. The van der Waals surface area contributed by atoms with Gasteiger partial charge in [0, 0.05) is 22.8 Å². The maximum atomic E-state index is 12.5. The van der Waals surface area contributed by atoms with Gasteiger partial charge in [0.2, 0.25) is 15.9 Å². The zero-order chi connectivity index (χ0) is 19.9. The SMILES string of the molecule is CCOC(=O)C1CSCN1S(=O)(=O)CCNC(=O)/C=C/c1ccc(Br)cc1. The van der Waals surface area contributed by atoms with Gasteiger partial charge in [-0.3, -0.25) is 9.59 Å². The first-order chi connectivity index (χ1) is 12.8. The molecule has 1 N–H and O–H groups in total. The van der Waals surface area contributed by atoms with Crippen LogP contribution in [-0.4, -0.2) is 61.2 Å². The van der Waals surface area contributed by atoms with Gasteiger partial charge >= 0.3 is 5.97 Å². The minimum absolute atomic E-state index is 0.0391. The predicted octanol–water partition coefficient (Wildman–Crippen LogP) is 1.85. The van der Waals surface area contributed by atoms with Crippen LogP contribution in [0.1, 0.15) is 12.5 Å². The molecule has 1 heterocycles. The summed E-state index contributed by atoms with van der Waals surface area (Å²) < 4.78 is 32.0. The molecule has 1 aromatic carbocycles. The van der Waals surface area contributed by atoms with Gasteiger partial charge in [0.25, 0.3) is 0 Å². The molecule has 2 rings (SSSR count). The van der Waals surface area contributed by atoms with E-state index in [4.69, 9.17) is 4.74 Å². The molecular formula is C17H21BrN2O5S2. The molecule has 1 fully saturated rings. The van der Waals surface area contributed by atoms with Gasteiger partial charge in [-0.1, -0.05) is 28.1 Å². The number of carbonyl (C=O) groups excluding carboxylic acids is 2. The minimum atomic E-state index is -3.67. The molecule has 1 atom stereocenters. The Hall–Kier alpha value is -1.36. The average Bonchev–Trinajstić information content (AvgIpc) is 3.12. The van der Waals surface area contributed by atoms with Gasteiger partial charge in [-0.15, -0.1) is 11.8 Å². The standard InChI is InChI=1S/C17H21BrN2O5S2/c1-2-25-17(22)15-11-26-12-20(15)27(23,24)10-9-19-16(21)8-5-13-3-6-14(18)7-4-13/h3-8,15H,2,9-12H2,1H3,(H,19,21)/b8-5+. The highest BCUT2D eigenvalue weighted by molar-refractivity contribution is 9.10. The molecular weight excluding hydrogens is 456 g/mol. The van der Waals surface area contributed by atoms with Crippen LogP contribution in [0.3, 0.4) is 0 Å². The van der Waals surface area contributed by atoms with Crippen molar-refractivity contribution in [1.29, 1.82) is 0 Å². The molecule has 0 spiro atoms. The first-order valence-corrected chi connectivity index (χ1v) is 11.8.